The van der Waals surface area contributed by atoms with Crippen LogP contribution in [0.25, 0.3) is 10.9 Å². The Morgan fingerprint density at radius 1 is 1.06 bits per heavy atom. The first-order valence-corrected chi connectivity index (χ1v) is 8.88. The number of halogens is 6. The molecule has 164 valence electrons. The van der Waals surface area contributed by atoms with Gasteiger partial charge >= 0.3 is 12.4 Å². The SMILES string of the molecule is Cc1cc2cc(C(=O)N(Cc3ccc(C(F)(F)F)cn3)CC(F)(F)F)ccc2nc1N. The second kappa shape index (κ2) is 8.05. The van der Waals surface area contributed by atoms with Gasteiger partial charge in [0.05, 0.1) is 23.3 Å². The Morgan fingerprint density at radius 2 is 1.77 bits per heavy atom. The van der Waals surface area contributed by atoms with Crippen molar-refractivity contribution in [2.45, 2.75) is 25.8 Å². The van der Waals surface area contributed by atoms with Crippen LogP contribution in [0.1, 0.15) is 27.2 Å². The van der Waals surface area contributed by atoms with Gasteiger partial charge in [-0.3, -0.25) is 9.78 Å². The molecule has 0 aliphatic carbocycles. The third kappa shape index (κ3) is 5.41. The van der Waals surface area contributed by atoms with Crippen molar-refractivity contribution < 1.29 is 31.1 Å². The predicted molar refractivity (Wildman–Crippen MR) is 101 cm³/mol. The topological polar surface area (TPSA) is 72.1 Å². The van der Waals surface area contributed by atoms with Crippen LogP contribution in [0.2, 0.25) is 0 Å². The lowest BCUT2D eigenvalue weighted by atomic mass is 10.1. The first kappa shape index (κ1) is 22.3. The molecule has 0 spiro atoms. The number of hydrogen-bond acceptors (Lipinski definition) is 4. The zero-order valence-corrected chi connectivity index (χ0v) is 16.1. The summed E-state index contributed by atoms with van der Waals surface area (Å²) >= 11 is 0. The molecule has 1 amide bonds. The molecule has 2 aromatic heterocycles. The standard InChI is InChI=1S/C20H16F6N4O/c1-11-6-13-7-12(2-5-16(13)29-17(11)27)18(31)30(10-19(21,22)23)9-15-4-3-14(8-28-15)20(24,25)26/h2-8H,9-10H2,1H3,(H2,27,29). The van der Waals surface area contributed by atoms with Crippen molar-refractivity contribution in [2.24, 2.45) is 0 Å². The average molecular weight is 442 g/mol. The minimum absolute atomic E-state index is 0.0327. The number of pyridine rings is 2. The molecule has 3 rings (SSSR count). The van der Waals surface area contributed by atoms with Gasteiger partial charge in [0, 0.05) is 17.1 Å². The van der Waals surface area contributed by atoms with Crippen molar-refractivity contribution in [1.29, 1.82) is 0 Å². The van der Waals surface area contributed by atoms with Crippen molar-refractivity contribution >= 4 is 22.6 Å². The highest BCUT2D eigenvalue weighted by atomic mass is 19.4. The van der Waals surface area contributed by atoms with Crippen LogP contribution >= 0.6 is 0 Å². The highest BCUT2D eigenvalue weighted by Gasteiger charge is 2.34. The molecule has 0 aliphatic rings. The minimum Gasteiger partial charge on any atom is -0.383 e. The van der Waals surface area contributed by atoms with E-state index in [4.69, 9.17) is 5.73 Å². The number of fused-ring (bicyclic) bond motifs is 1. The Balaban J connectivity index is 1.92. The van der Waals surface area contributed by atoms with Gasteiger partial charge in [0.1, 0.15) is 12.4 Å². The van der Waals surface area contributed by atoms with Crippen molar-refractivity contribution in [1.82, 2.24) is 14.9 Å². The number of nitrogen functional groups attached to an aromatic ring is 1. The molecule has 31 heavy (non-hydrogen) atoms. The fourth-order valence-corrected chi connectivity index (χ4v) is 2.91. The lowest BCUT2D eigenvalue weighted by Gasteiger charge is -2.24. The van der Waals surface area contributed by atoms with Crippen molar-refractivity contribution in [3.8, 4) is 0 Å². The van der Waals surface area contributed by atoms with Gasteiger partial charge in [0.15, 0.2) is 0 Å². The summed E-state index contributed by atoms with van der Waals surface area (Å²) in [6.07, 6.45) is -8.83. The number of nitrogens with zero attached hydrogens (tertiary/aromatic N) is 3. The van der Waals surface area contributed by atoms with Crippen LogP contribution in [-0.2, 0) is 12.7 Å². The highest BCUT2D eigenvalue weighted by Crippen LogP contribution is 2.29. The van der Waals surface area contributed by atoms with Crippen LogP contribution in [-0.4, -0.2) is 33.5 Å². The molecular weight excluding hydrogens is 426 g/mol. The van der Waals surface area contributed by atoms with E-state index in [-0.39, 0.29) is 11.3 Å². The Labute approximate surface area is 172 Å². The van der Waals surface area contributed by atoms with Crippen LogP contribution in [0, 0.1) is 6.92 Å². The monoisotopic (exact) mass is 442 g/mol. The molecule has 0 fully saturated rings. The van der Waals surface area contributed by atoms with Gasteiger partial charge in [0.2, 0.25) is 0 Å². The molecule has 0 bridgehead atoms. The van der Waals surface area contributed by atoms with E-state index in [1.165, 1.54) is 18.2 Å². The summed E-state index contributed by atoms with van der Waals surface area (Å²) in [4.78, 5) is 21.0. The number of hydrogen-bond donors (Lipinski definition) is 1. The number of rotatable bonds is 4. The number of carbonyl (C=O) groups is 1. The number of carbonyl (C=O) groups excluding carboxylic acids is 1. The van der Waals surface area contributed by atoms with Crippen molar-refractivity contribution in [3.05, 3.63) is 65.0 Å². The van der Waals surface area contributed by atoms with Gasteiger partial charge in [-0.05, 0) is 48.9 Å². The van der Waals surface area contributed by atoms with Gasteiger partial charge < -0.3 is 10.6 Å². The smallest absolute Gasteiger partial charge is 0.383 e. The maximum Gasteiger partial charge on any atom is 0.417 e. The number of aromatic nitrogens is 2. The van der Waals surface area contributed by atoms with Gasteiger partial charge in [-0.1, -0.05) is 0 Å². The van der Waals surface area contributed by atoms with Gasteiger partial charge in [-0.25, -0.2) is 4.98 Å². The van der Waals surface area contributed by atoms with E-state index >= 15 is 0 Å². The van der Waals surface area contributed by atoms with E-state index < -0.39 is 36.9 Å². The third-order valence-electron chi connectivity index (χ3n) is 4.45. The summed E-state index contributed by atoms with van der Waals surface area (Å²) in [5, 5.41) is 0.511. The Kier molecular flexibility index (Phi) is 5.79. The van der Waals surface area contributed by atoms with Crippen LogP contribution in [0.15, 0.2) is 42.6 Å². The number of aryl methyl sites for hydroxylation is 1. The van der Waals surface area contributed by atoms with Crippen LogP contribution in [0.5, 0.6) is 0 Å². The normalized spacial score (nSPS) is 12.2. The summed E-state index contributed by atoms with van der Waals surface area (Å²) in [5.41, 5.74) is 5.65. The number of amides is 1. The fraction of sp³-hybridized carbons (Fsp3) is 0.250. The van der Waals surface area contributed by atoms with E-state index in [0.717, 1.165) is 6.07 Å². The first-order valence-electron chi connectivity index (χ1n) is 8.88. The minimum atomic E-state index is -4.72. The quantitative estimate of drug-likeness (QED) is 0.593. The molecule has 0 radical (unpaired) electrons. The first-order chi connectivity index (χ1) is 14.3. The summed E-state index contributed by atoms with van der Waals surface area (Å²) in [5.74, 6) is -0.658. The Morgan fingerprint density at radius 3 is 2.35 bits per heavy atom. The second-order valence-electron chi connectivity index (χ2n) is 6.91. The number of nitrogens with two attached hydrogens (primary N) is 1. The van der Waals surface area contributed by atoms with E-state index in [1.807, 2.05) is 0 Å². The summed E-state index contributed by atoms with van der Waals surface area (Å²) in [7, 11) is 0. The van der Waals surface area contributed by atoms with E-state index in [1.54, 1.807) is 13.0 Å². The largest absolute Gasteiger partial charge is 0.417 e. The molecule has 2 N–H and O–H groups in total. The average Bonchev–Trinajstić information content (AvgIpc) is 2.66. The van der Waals surface area contributed by atoms with Crippen LogP contribution in [0.3, 0.4) is 0 Å². The summed E-state index contributed by atoms with van der Waals surface area (Å²) in [6, 6.07) is 7.46. The van der Waals surface area contributed by atoms with E-state index in [9.17, 15) is 31.1 Å². The summed E-state index contributed by atoms with van der Waals surface area (Å²) < 4.78 is 77.2. The van der Waals surface area contributed by atoms with Gasteiger partial charge in [-0.2, -0.15) is 26.3 Å². The maximum absolute atomic E-state index is 13.1. The molecule has 0 aliphatic heterocycles. The fourth-order valence-electron chi connectivity index (χ4n) is 2.91. The molecule has 11 heteroatoms. The lowest BCUT2D eigenvalue weighted by molar-refractivity contribution is -0.141. The molecule has 0 saturated heterocycles. The molecule has 1 aromatic carbocycles. The highest BCUT2D eigenvalue weighted by molar-refractivity contribution is 5.98. The van der Waals surface area contributed by atoms with Crippen molar-refractivity contribution in [3.63, 3.8) is 0 Å². The van der Waals surface area contributed by atoms with Crippen LogP contribution < -0.4 is 5.73 Å². The summed E-state index contributed by atoms with van der Waals surface area (Å²) in [6.45, 7) is -0.512. The van der Waals surface area contributed by atoms with Crippen LogP contribution in [0.4, 0.5) is 32.2 Å². The number of anilines is 1. The zero-order valence-electron chi connectivity index (χ0n) is 16.1. The third-order valence-corrected chi connectivity index (χ3v) is 4.45. The van der Waals surface area contributed by atoms with E-state index in [2.05, 4.69) is 9.97 Å². The molecule has 0 atom stereocenters. The molecule has 0 unspecified atom stereocenters. The molecular formula is C20H16F6N4O. The molecule has 2 heterocycles. The zero-order chi connectivity index (χ0) is 23.0. The molecule has 3 aromatic rings. The number of benzene rings is 1. The van der Waals surface area contributed by atoms with Gasteiger partial charge in [-0.15, -0.1) is 0 Å². The Hall–Kier alpha value is -3.37. The molecule has 5 nitrogen and oxygen atoms in total. The Bertz CT molecular complexity index is 1110. The van der Waals surface area contributed by atoms with Crippen molar-refractivity contribution in [2.75, 3.05) is 12.3 Å². The van der Waals surface area contributed by atoms with Gasteiger partial charge in [0.25, 0.3) is 5.91 Å². The molecule has 0 saturated carbocycles. The second-order valence-corrected chi connectivity index (χ2v) is 6.91. The number of alkyl halides is 6. The van der Waals surface area contributed by atoms with E-state index in [0.29, 0.717) is 39.4 Å². The predicted octanol–water partition coefficient (Wildman–Crippen LogP) is 4.74. The maximum atomic E-state index is 13.1. The lowest BCUT2D eigenvalue weighted by Crippen LogP contribution is -2.38.